The van der Waals surface area contributed by atoms with E-state index in [-0.39, 0.29) is 10.8 Å². The lowest BCUT2D eigenvalue weighted by Gasteiger charge is -2.24. The van der Waals surface area contributed by atoms with Crippen molar-refractivity contribution >= 4 is 21.7 Å². The third kappa shape index (κ3) is 7.51. The van der Waals surface area contributed by atoms with Gasteiger partial charge in [-0.3, -0.25) is 4.79 Å². The van der Waals surface area contributed by atoms with E-state index in [0.717, 1.165) is 5.56 Å². The van der Waals surface area contributed by atoms with Gasteiger partial charge in [-0.15, -0.1) is 0 Å². The third-order valence-corrected chi connectivity index (χ3v) is 6.12. The second-order valence-electron chi connectivity index (χ2n) is 8.92. The summed E-state index contributed by atoms with van der Waals surface area (Å²) in [5.41, 5.74) is 0.562. The maximum absolute atomic E-state index is 13.2. The highest BCUT2D eigenvalue weighted by atomic mass is 32.2. The highest BCUT2D eigenvalue weighted by Gasteiger charge is 2.30. The number of ether oxygens (including phenoxy) is 1. The van der Waals surface area contributed by atoms with Crippen molar-refractivity contribution in [2.24, 2.45) is 5.92 Å². The van der Waals surface area contributed by atoms with Gasteiger partial charge in [0.15, 0.2) is 15.6 Å². The fourth-order valence-electron chi connectivity index (χ4n) is 3.15. The smallest absolute Gasteiger partial charge is 0.408 e. The van der Waals surface area contributed by atoms with Crippen LogP contribution in [0, 0.1) is 5.92 Å². The van der Waals surface area contributed by atoms with Gasteiger partial charge in [-0.1, -0.05) is 62.4 Å². The SMILES string of the molecule is CC(C)C[C@H](NC(=O)OC(C)(C)C)C(=O)CS(=O)(=O)c1ccccc1-c1ccccc1. The summed E-state index contributed by atoms with van der Waals surface area (Å²) in [5.74, 6) is -1.20. The summed E-state index contributed by atoms with van der Waals surface area (Å²) in [6.45, 7) is 8.96. The van der Waals surface area contributed by atoms with E-state index in [1.165, 1.54) is 6.07 Å². The van der Waals surface area contributed by atoms with E-state index in [0.29, 0.717) is 12.0 Å². The predicted octanol–water partition coefficient (Wildman–Crippen LogP) is 4.64. The van der Waals surface area contributed by atoms with Crippen molar-refractivity contribution in [2.45, 2.75) is 57.6 Å². The Bertz CT molecular complexity index is 1010. The monoisotopic (exact) mass is 445 g/mol. The molecule has 0 fully saturated rings. The van der Waals surface area contributed by atoms with Gasteiger partial charge in [-0.2, -0.15) is 0 Å². The average molecular weight is 446 g/mol. The molecule has 7 heteroatoms. The van der Waals surface area contributed by atoms with E-state index in [4.69, 9.17) is 4.74 Å². The van der Waals surface area contributed by atoms with Crippen LogP contribution >= 0.6 is 0 Å². The topological polar surface area (TPSA) is 89.5 Å². The largest absolute Gasteiger partial charge is 0.444 e. The highest BCUT2D eigenvalue weighted by Crippen LogP contribution is 2.28. The molecule has 0 aromatic heterocycles. The number of Topliss-reactive ketones (excluding diaryl/α,β-unsaturated/α-hetero) is 1. The number of amides is 1. The van der Waals surface area contributed by atoms with Crippen molar-refractivity contribution in [1.82, 2.24) is 5.32 Å². The molecule has 0 aliphatic rings. The van der Waals surface area contributed by atoms with Crippen LogP contribution in [0.1, 0.15) is 41.0 Å². The van der Waals surface area contributed by atoms with Crippen LogP contribution in [0.15, 0.2) is 59.5 Å². The zero-order chi connectivity index (χ0) is 23.2. The molecule has 0 saturated carbocycles. The van der Waals surface area contributed by atoms with E-state index in [1.807, 2.05) is 44.2 Å². The van der Waals surface area contributed by atoms with Gasteiger partial charge in [0.25, 0.3) is 0 Å². The molecular formula is C24H31NO5S. The van der Waals surface area contributed by atoms with Gasteiger partial charge in [0, 0.05) is 5.56 Å². The molecule has 0 radical (unpaired) electrons. The molecule has 0 bridgehead atoms. The fraction of sp³-hybridized carbons (Fsp3) is 0.417. The molecule has 0 spiro atoms. The molecule has 0 saturated heterocycles. The van der Waals surface area contributed by atoms with Crippen LogP contribution in [0.3, 0.4) is 0 Å². The lowest BCUT2D eigenvalue weighted by molar-refractivity contribution is -0.119. The second kappa shape index (κ2) is 10.1. The number of carbonyl (C=O) groups is 2. The number of nitrogens with one attached hydrogen (secondary N) is 1. The minimum absolute atomic E-state index is 0.0724. The molecule has 31 heavy (non-hydrogen) atoms. The lowest BCUT2D eigenvalue weighted by atomic mass is 10.0. The van der Waals surface area contributed by atoms with Crippen molar-refractivity contribution in [3.05, 3.63) is 54.6 Å². The summed E-state index contributed by atoms with van der Waals surface area (Å²) in [6, 6.07) is 14.8. The third-order valence-electron chi connectivity index (χ3n) is 4.43. The normalized spacial score (nSPS) is 13.0. The summed E-state index contributed by atoms with van der Waals surface area (Å²) in [6.07, 6.45) is -0.429. The number of ketones is 1. The maximum atomic E-state index is 13.2. The first-order chi connectivity index (χ1) is 14.4. The number of sulfone groups is 1. The summed E-state index contributed by atoms with van der Waals surface area (Å²) < 4.78 is 31.6. The van der Waals surface area contributed by atoms with E-state index in [2.05, 4.69) is 5.32 Å². The number of benzene rings is 2. The Morgan fingerprint density at radius 1 is 0.968 bits per heavy atom. The lowest BCUT2D eigenvalue weighted by Crippen LogP contribution is -2.46. The molecule has 1 amide bonds. The van der Waals surface area contributed by atoms with Crippen LogP contribution in [-0.4, -0.2) is 37.7 Å². The van der Waals surface area contributed by atoms with E-state index >= 15 is 0 Å². The molecule has 1 N–H and O–H groups in total. The quantitative estimate of drug-likeness (QED) is 0.640. The molecule has 0 aliphatic carbocycles. The average Bonchev–Trinajstić information content (AvgIpc) is 2.66. The Labute approximate surface area is 184 Å². The number of carbonyl (C=O) groups excluding carboxylic acids is 2. The highest BCUT2D eigenvalue weighted by molar-refractivity contribution is 7.92. The van der Waals surface area contributed by atoms with Crippen molar-refractivity contribution in [3.8, 4) is 11.1 Å². The van der Waals surface area contributed by atoms with Crippen molar-refractivity contribution < 1.29 is 22.7 Å². The maximum Gasteiger partial charge on any atom is 0.408 e. The van der Waals surface area contributed by atoms with Crippen molar-refractivity contribution in [2.75, 3.05) is 5.75 Å². The van der Waals surface area contributed by atoms with E-state index in [9.17, 15) is 18.0 Å². The van der Waals surface area contributed by atoms with Gasteiger partial charge < -0.3 is 10.1 Å². The Hall–Kier alpha value is -2.67. The summed E-state index contributed by atoms with van der Waals surface area (Å²) >= 11 is 0. The molecule has 2 aromatic carbocycles. The molecule has 0 unspecified atom stereocenters. The Morgan fingerprint density at radius 2 is 1.55 bits per heavy atom. The van der Waals surface area contributed by atoms with Crippen LogP contribution < -0.4 is 5.32 Å². The standard InChI is InChI=1S/C24H31NO5S/c1-17(2)15-20(25-23(27)30-24(3,4)5)21(26)16-31(28,29)22-14-10-9-13-19(22)18-11-7-6-8-12-18/h6-14,17,20H,15-16H2,1-5H3,(H,25,27)/t20-/m0/s1. The summed E-state index contributed by atoms with van der Waals surface area (Å²) in [7, 11) is -3.93. The van der Waals surface area contributed by atoms with Gasteiger partial charge >= 0.3 is 6.09 Å². The molecule has 2 aromatic rings. The number of hydrogen-bond acceptors (Lipinski definition) is 5. The van der Waals surface area contributed by atoms with Gasteiger partial charge in [0.05, 0.1) is 10.9 Å². The number of rotatable bonds is 8. The molecule has 6 nitrogen and oxygen atoms in total. The van der Waals surface area contributed by atoms with Crippen LogP contribution in [0.2, 0.25) is 0 Å². The zero-order valence-electron chi connectivity index (χ0n) is 18.7. The first kappa shape index (κ1) is 24.6. The van der Waals surface area contributed by atoms with Gasteiger partial charge in [0.2, 0.25) is 0 Å². The minimum atomic E-state index is -3.93. The van der Waals surface area contributed by atoms with Crippen LogP contribution in [0.5, 0.6) is 0 Å². The molecule has 0 heterocycles. The molecule has 1 atom stereocenters. The van der Waals surface area contributed by atoms with Crippen molar-refractivity contribution in [1.29, 1.82) is 0 Å². The number of hydrogen-bond donors (Lipinski definition) is 1. The van der Waals surface area contributed by atoms with E-state index in [1.54, 1.807) is 39.0 Å². The predicted molar refractivity (Wildman–Crippen MR) is 122 cm³/mol. The molecule has 0 aliphatic heterocycles. The summed E-state index contributed by atoms with van der Waals surface area (Å²) in [4.78, 5) is 25.3. The second-order valence-corrected chi connectivity index (χ2v) is 10.9. The first-order valence-corrected chi connectivity index (χ1v) is 11.9. The number of alkyl carbamates (subject to hydrolysis) is 1. The first-order valence-electron chi connectivity index (χ1n) is 10.3. The van der Waals surface area contributed by atoms with Gasteiger partial charge in [-0.25, -0.2) is 13.2 Å². The summed E-state index contributed by atoms with van der Waals surface area (Å²) in [5, 5.41) is 2.55. The van der Waals surface area contributed by atoms with E-state index < -0.39 is 39.1 Å². The van der Waals surface area contributed by atoms with Gasteiger partial charge in [-0.05, 0) is 44.7 Å². The fourth-order valence-corrected chi connectivity index (χ4v) is 4.69. The van der Waals surface area contributed by atoms with Crippen LogP contribution in [0.4, 0.5) is 4.79 Å². The molecule has 168 valence electrons. The molecule has 2 rings (SSSR count). The molecular weight excluding hydrogens is 414 g/mol. The van der Waals surface area contributed by atoms with Gasteiger partial charge in [0.1, 0.15) is 11.4 Å². The Morgan fingerprint density at radius 3 is 2.13 bits per heavy atom. The Balaban J connectivity index is 2.28. The minimum Gasteiger partial charge on any atom is -0.444 e. The van der Waals surface area contributed by atoms with Crippen LogP contribution in [-0.2, 0) is 19.4 Å². The zero-order valence-corrected chi connectivity index (χ0v) is 19.5. The van der Waals surface area contributed by atoms with Crippen molar-refractivity contribution in [3.63, 3.8) is 0 Å². The van der Waals surface area contributed by atoms with Crippen LogP contribution in [0.25, 0.3) is 11.1 Å². The Kier molecular flexibility index (Phi) is 8.01.